The minimum Gasteiger partial charge on any atom is -0.476 e. The fourth-order valence-corrected chi connectivity index (χ4v) is 18.7. The minimum atomic E-state index is -1.11. The van der Waals surface area contributed by atoms with Gasteiger partial charge >= 0.3 is 12.0 Å². The first-order chi connectivity index (χ1) is 48.2. The number of thiazole rings is 1. The third kappa shape index (κ3) is 16.1. The Labute approximate surface area is 593 Å². The lowest BCUT2D eigenvalue weighted by Gasteiger charge is -2.69. The molecule has 0 spiro atoms. The molecule has 13 rings (SSSR count). The van der Waals surface area contributed by atoms with Crippen LogP contribution >= 0.6 is 11.3 Å². The van der Waals surface area contributed by atoms with Gasteiger partial charge in [-0.25, -0.2) is 19.6 Å². The molecule has 7 amide bonds. The monoisotopic (exact) mass is 1400 g/mol. The Kier molecular flexibility index (Phi) is 21.2. The summed E-state index contributed by atoms with van der Waals surface area (Å²) in [4.78, 5) is 104. The molecule has 7 aliphatic rings. The van der Waals surface area contributed by atoms with E-state index in [1.54, 1.807) is 25.2 Å². The zero-order chi connectivity index (χ0) is 71.6. The van der Waals surface area contributed by atoms with Crippen molar-refractivity contribution in [3.05, 3.63) is 107 Å². The van der Waals surface area contributed by atoms with Gasteiger partial charge in [-0.05, 0) is 150 Å². The number of nitrogens with two attached hydrogens (primary N) is 1. The Bertz CT molecular complexity index is 4080. The van der Waals surface area contributed by atoms with E-state index in [1.165, 1.54) is 18.6 Å². The van der Waals surface area contributed by atoms with Crippen molar-refractivity contribution >= 4 is 91.4 Å². The van der Waals surface area contributed by atoms with Gasteiger partial charge in [0.25, 0.3) is 11.8 Å². The molecule has 26 nitrogen and oxygen atoms in total. The molecule has 2 aromatic carbocycles. The highest BCUT2D eigenvalue weighted by Gasteiger charge is 2.66. The molecule has 4 saturated carbocycles. The normalized spacial score (nSPS) is 22.8. The van der Waals surface area contributed by atoms with Gasteiger partial charge in [0, 0.05) is 97.0 Å². The van der Waals surface area contributed by atoms with Gasteiger partial charge in [-0.15, -0.1) is 10.2 Å². The molecule has 7 heterocycles. The van der Waals surface area contributed by atoms with Crippen molar-refractivity contribution in [2.45, 2.75) is 163 Å². The van der Waals surface area contributed by atoms with Crippen LogP contribution in [0, 0.1) is 36.0 Å². The number of primary amides is 1. The minimum absolute atomic E-state index is 0.00461. The fraction of sp³-hybridized carbons (Fsp3) is 0.541. The Morgan fingerprint density at radius 1 is 0.802 bits per heavy atom. The molecule has 1 saturated heterocycles. The second kappa shape index (κ2) is 29.7. The quantitative estimate of drug-likeness (QED) is 0.0126. The van der Waals surface area contributed by atoms with Crippen LogP contribution < -0.4 is 37.2 Å². The van der Waals surface area contributed by atoms with Crippen LogP contribution in [0.15, 0.2) is 79.0 Å². The van der Waals surface area contributed by atoms with Crippen molar-refractivity contribution < 1.29 is 52.6 Å². The van der Waals surface area contributed by atoms with Crippen molar-refractivity contribution in [2.75, 3.05) is 87.7 Å². The molecule has 27 heteroatoms. The number of amides is 7. The fourth-order valence-electron chi connectivity index (χ4n) is 17.8. The van der Waals surface area contributed by atoms with E-state index < -0.39 is 53.6 Å². The highest BCUT2D eigenvalue weighted by atomic mass is 32.1. The van der Waals surface area contributed by atoms with Gasteiger partial charge < -0.3 is 56.3 Å². The number of pyridine rings is 1. The van der Waals surface area contributed by atoms with Crippen LogP contribution in [-0.2, 0) is 53.0 Å². The number of aromatic nitrogens is 6. The van der Waals surface area contributed by atoms with Crippen LogP contribution in [0.4, 0.5) is 33.1 Å². The van der Waals surface area contributed by atoms with Crippen molar-refractivity contribution in [2.24, 2.45) is 27.9 Å². The maximum Gasteiger partial charge on any atom is 0.355 e. The number of nitrogens with one attached hydrogen (secondary N) is 5. The number of rotatable bonds is 30. The number of fused-ring (bicyclic) bond motifs is 2. The zero-order valence-electron chi connectivity index (χ0n) is 59.4. The topological polar surface area (TPSA) is 323 Å². The smallest absolute Gasteiger partial charge is 0.355 e. The number of benzene rings is 2. The van der Waals surface area contributed by atoms with Gasteiger partial charge in [-0.2, -0.15) is 5.10 Å². The summed E-state index contributed by atoms with van der Waals surface area (Å²) in [7, 11) is 0. The number of para-hydroxylation sites is 1. The number of carbonyl (C=O) groups excluding carboxylic acids is 6. The Morgan fingerprint density at radius 2 is 1.53 bits per heavy atom. The van der Waals surface area contributed by atoms with E-state index in [0.717, 1.165) is 143 Å². The lowest BCUT2D eigenvalue weighted by Crippen LogP contribution is -2.65. The second-order valence-corrected chi connectivity index (χ2v) is 31.5. The molecule has 2 unspecified atom stereocenters. The summed E-state index contributed by atoms with van der Waals surface area (Å²) in [6, 6.07) is 17.3. The molecule has 4 aliphatic carbocycles. The molecule has 5 fully saturated rings. The number of quaternary nitrogens is 1. The molecule has 4 aromatic heterocycles. The van der Waals surface area contributed by atoms with Crippen molar-refractivity contribution in [3.8, 4) is 11.1 Å². The lowest BCUT2D eigenvalue weighted by atomic mass is 9.39. The van der Waals surface area contributed by atoms with Crippen LogP contribution in [0.5, 0.6) is 0 Å². The molecule has 4 bridgehead atoms. The number of hydrogen-bond acceptors (Lipinski definition) is 18. The SMILES string of the molecule is Cc1c(Nc2nc3ccccc3s2)nnc2c1CCCN2c1ccc(-c2cnn(CC34CC5(C)CC(C)(C3)CC(OCCN3CC[N+](Cc6ccc(NC(=O)[C@H](CCCNC(N)=O)NC(=O)[C@@H](NC(=O)CCOCCN7C(=O)C=CC7=O)C(C)C)cc6)(C(C)C)CC3)(C5)C4)c2C)c(C(=O)O)n1. The lowest BCUT2D eigenvalue weighted by molar-refractivity contribution is -0.963. The van der Waals surface area contributed by atoms with Crippen LogP contribution in [0.1, 0.15) is 139 Å². The predicted molar refractivity (Wildman–Crippen MR) is 384 cm³/mol. The van der Waals surface area contributed by atoms with Crippen molar-refractivity contribution in [1.29, 1.82) is 0 Å². The summed E-state index contributed by atoms with van der Waals surface area (Å²) >= 11 is 1.56. The standard InChI is InChI=1S/C74H96N16O10S/c1-46(2)62(82-59(91)25-34-99-35-31-88-60(92)23-24-61(88)93)67(95)79-56(15-11-26-76-69(75)98)66(94)78-51-19-17-50(18-20-51)38-90(47(3)4)32-28-86(29-33-90)30-36-100-74-42-71(7)39-72(8,43-74)41-73(40-71,44-74)45-89-49(6)54(37-77-89)53-21-22-58(81-63(53)68(96)97)87-27-12-13-52-48(5)64(84-85-65(52)87)83-70-80-55-14-9-10-16-57(55)101-70/h9-10,14,16-24,37,46-47,56,62H,11-13,15,25-36,38-45H2,1-8H3,(H7-,75,76,78,79,80,82,83,84,91,94,95,96,97,98)/p+1/t56-,62-,71?,72?,73?,74?/m0/s1. The van der Waals surface area contributed by atoms with E-state index in [9.17, 15) is 38.7 Å². The number of aromatic carboxylic acids is 1. The summed E-state index contributed by atoms with van der Waals surface area (Å²) in [6.45, 7) is 24.9. The Hall–Kier alpha value is -8.76. The third-order valence-electron chi connectivity index (χ3n) is 21.9. The van der Waals surface area contributed by atoms with Crippen LogP contribution in [0.3, 0.4) is 0 Å². The van der Waals surface area contributed by atoms with Crippen LogP contribution in [0.25, 0.3) is 21.3 Å². The highest BCUT2D eigenvalue weighted by Crippen LogP contribution is 2.72. The highest BCUT2D eigenvalue weighted by molar-refractivity contribution is 7.22. The van der Waals surface area contributed by atoms with Gasteiger partial charge in [-0.3, -0.25) is 38.5 Å². The predicted octanol–water partition coefficient (Wildman–Crippen LogP) is 8.71. The van der Waals surface area contributed by atoms with E-state index in [1.807, 2.05) is 78.7 Å². The Morgan fingerprint density at radius 3 is 2.23 bits per heavy atom. The van der Waals surface area contributed by atoms with Gasteiger partial charge in [0.1, 0.15) is 24.4 Å². The van der Waals surface area contributed by atoms with Crippen LogP contribution in [0.2, 0.25) is 0 Å². The number of imide groups is 1. The summed E-state index contributed by atoms with van der Waals surface area (Å²) < 4.78 is 16.9. The molecule has 6 aromatic rings. The molecule has 3 aliphatic heterocycles. The number of ether oxygens (including phenoxy) is 2. The number of piperazine rings is 1. The van der Waals surface area contributed by atoms with E-state index in [0.29, 0.717) is 54.3 Å². The van der Waals surface area contributed by atoms with E-state index in [-0.39, 0.29) is 72.6 Å². The Balaban J connectivity index is 0.639. The van der Waals surface area contributed by atoms with E-state index >= 15 is 0 Å². The van der Waals surface area contributed by atoms with E-state index in [2.05, 4.69) is 75.9 Å². The number of nitrogens with zero attached hydrogens (tertiary/aromatic N) is 10. The third-order valence-corrected chi connectivity index (χ3v) is 22.8. The first kappa shape index (κ1) is 72.0. The zero-order valence-corrected chi connectivity index (χ0v) is 60.2. The van der Waals surface area contributed by atoms with Gasteiger partial charge in [0.2, 0.25) is 17.7 Å². The van der Waals surface area contributed by atoms with E-state index in [4.69, 9.17) is 35.4 Å². The number of anilines is 5. The maximum absolute atomic E-state index is 14.0. The number of carbonyl (C=O) groups is 7. The molecule has 101 heavy (non-hydrogen) atoms. The first-order valence-electron chi connectivity index (χ1n) is 35.6. The number of carboxylic acid groups (broad SMARTS) is 1. The molecule has 4 atom stereocenters. The largest absolute Gasteiger partial charge is 0.476 e. The summed E-state index contributed by atoms with van der Waals surface area (Å²) in [6.07, 6.45) is 12.6. The molecular formula is C74H97N16O10S+. The summed E-state index contributed by atoms with van der Waals surface area (Å²) in [5.41, 5.74) is 12.0. The number of hydrogen-bond donors (Lipinski definition) is 7. The second-order valence-electron chi connectivity index (χ2n) is 30.5. The van der Waals surface area contributed by atoms with Gasteiger partial charge in [0.05, 0.1) is 67.5 Å². The van der Waals surface area contributed by atoms with Crippen LogP contribution in [-0.4, -0.2) is 187 Å². The average Bonchev–Trinajstić information content (AvgIpc) is 0.979. The first-order valence-corrected chi connectivity index (χ1v) is 36.4. The molecule has 0 radical (unpaired) electrons. The summed E-state index contributed by atoms with van der Waals surface area (Å²) in [5.74, 6) is -1.93. The molecular weight excluding hydrogens is 1300 g/mol. The molecule has 8 N–H and O–H groups in total. The van der Waals surface area contributed by atoms with Gasteiger partial charge in [-0.1, -0.05) is 63.3 Å². The maximum atomic E-state index is 14.0. The molecule has 538 valence electrons. The van der Waals surface area contributed by atoms with Crippen molar-refractivity contribution in [3.63, 3.8) is 0 Å². The summed E-state index contributed by atoms with van der Waals surface area (Å²) in [5, 5.41) is 40.4. The number of urea groups is 1. The van der Waals surface area contributed by atoms with Crippen molar-refractivity contribution in [1.82, 2.24) is 55.7 Å². The average molecular weight is 1400 g/mol. The van der Waals surface area contributed by atoms with Gasteiger partial charge in [0.15, 0.2) is 22.5 Å². The number of carboxylic acids is 1.